The summed E-state index contributed by atoms with van der Waals surface area (Å²) in [5.74, 6) is 0.838. The van der Waals surface area contributed by atoms with Gasteiger partial charge < -0.3 is 19.8 Å². The number of hydrogen-bond acceptors (Lipinski definition) is 5. The lowest BCUT2D eigenvalue weighted by atomic mass is 9.96. The molecule has 2 N–H and O–H groups in total. The summed E-state index contributed by atoms with van der Waals surface area (Å²) in [6, 6.07) is 12.3. The zero-order valence-electron chi connectivity index (χ0n) is 17.6. The Labute approximate surface area is 173 Å². The maximum atomic E-state index is 11.0. The monoisotopic (exact) mass is 400 g/mol. The van der Waals surface area contributed by atoms with Crippen molar-refractivity contribution >= 4 is 6.41 Å². The number of aliphatic hydroxyl groups excluding tert-OH is 2. The van der Waals surface area contributed by atoms with Crippen LogP contribution in [-0.4, -0.2) is 66.8 Å². The largest absolute Gasteiger partial charge is 0.497 e. The molecule has 1 aliphatic rings. The third-order valence-corrected chi connectivity index (χ3v) is 5.30. The second-order valence-corrected chi connectivity index (χ2v) is 7.09. The molecule has 0 aliphatic carbocycles. The van der Waals surface area contributed by atoms with Gasteiger partial charge in [-0.15, -0.1) is 0 Å². The molecule has 0 radical (unpaired) electrons. The Hall–Kier alpha value is -2.41. The summed E-state index contributed by atoms with van der Waals surface area (Å²) < 4.78 is 5.38. The average Bonchev–Trinajstić information content (AvgIpc) is 3.00. The van der Waals surface area contributed by atoms with E-state index in [1.807, 2.05) is 17.0 Å². The number of benzene rings is 2. The zero-order chi connectivity index (χ0) is 21.2. The number of methoxy groups -OCH3 is 1. The number of hydrogen-bond donors (Lipinski definition) is 2. The average molecular weight is 401 g/mol. The van der Waals surface area contributed by atoms with E-state index in [1.165, 1.54) is 5.56 Å². The van der Waals surface area contributed by atoms with Crippen molar-refractivity contribution < 1.29 is 19.7 Å². The van der Waals surface area contributed by atoms with E-state index in [4.69, 9.17) is 9.84 Å². The molecule has 0 unspecified atom stereocenters. The van der Waals surface area contributed by atoms with Gasteiger partial charge in [-0.05, 0) is 59.4 Å². The highest BCUT2D eigenvalue weighted by atomic mass is 16.5. The number of rotatable bonds is 6. The van der Waals surface area contributed by atoms with Gasteiger partial charge in [0.25, 0.3) is 0 Å². The Kier molecular flexibility index (Phi) is 9.12. The van der Waals surface area contributed by atoms with Gasteiger partial charge in [-0.25, -0.2) is 0 Å². The topological polar surface area (TPSA) is 73.2 Å². The SMILES string of the molecule is CO.COc1ccc(C)c(-c2ccc(CO)c(CN3CCCN(C=O)CC3)c2)c1. The van der Waals surface area contributed by atoms with E-state index in [-0.39, 0.29) is 6.61 Å². The van der Waals surface area contributed by atoms with Crippen LogP contribution in [0.15, 0.2) is 36.4 Å². The summed E-state index contributed by atoms with van der Waals surface area (Å²) in [5, 5.41) is 16.8. The molecule has 0 saturated carbocycles. The zero-order valence-corrected chi connectivity index (χ0v) is 17.6. The summed E-state index contributed by atoms with van der Waals surface area (Å²) in [5.41, 5.74) is 5.55. The maximum Gasteiger partial charge on any atom is 0.209 e. The minimum atomic E-state index is 0.0288. The molecule has 6 heteroatoms. The van der Waals surface area contributed by atoms with Crippen molar-refractivity contribution in [1.82, 2.24) is 9.80 Å². The molecule has 1 fully saturated rings. The van der Waals surface area contributed by atoms with Gasteiger partial charge in [0.05, 0.1) is 13.7 Å². The maximum absolute atomic E-state index is 11.0. The normalized spacial score (nSPS) is 14.6. The van der Waals surface area contributed by atoms with E-state index in [1.54, 1.807) is 7.11 Å². The molecule has 1 heterocycles. The fourth-order valence-electron chi connectivity index (χ4n) is 3.63. The van der Waals surface area contributed by atoms with Crippen LogP contribution < -0.4 is 4.74 Å². The Bertz CT molecular complexity index is 794. The van der Waals surface area contributed by atoms with Gasteiger partial charge >= 0.3 is 0 Å². The van der Waals surface area contributed by atoms with Gasteiger partial charge in [0.2, 0.25) is 6.41 Å². The summed E-state index contributed by atoms with van der Waals surface area (Å²) in [7, 11) is 2.68. The van der Waals surface area contributed by atoms with Crippen molar-refractivity contribution in [3.8, 4) is 16.9 Å². The molecule has 0 aromatic heterocycles. The van der Waals surface area contributed by atoms with Gasteiger partial charge in [0.15, 0.2) is 0 Å². The third-order valence-electron chi connectivity index (χ3n) is 5.30. The predicted octanol–water partition coefficient (Wildman–Crippen LogP) is 2.44. The third kappa shape index (κ3) is 6.03. The number of ether oxygens (including phenoxy) is 1. The summed E-state index contributed by atoms with van der Waals surface area (Å²) in [4.78, 5) is 15.2. The molecular formula is C23H32N2O4. The predicted molar refractivity (Wildman–Crippen MR) is 115 cm³/mol. The Morgan fingerprint density at radius 1 is 1.03 bits per heavy atom. The van der Waals surface area contributed by atoms with E-state index in [0.717, 1.165) is 80.7 Å². The number of nitrogens with zero attached hydrogens (tertiary/aromatic N) is 2. The van der Waals surface area contributed by atoms with Gasteiger partial charge in [-0.1, -0.05) is 18.2 Å². The van der Waals surface area contributed by atoms with Crippen LogP contribution in [0.1, 0.15) is 23.1 Å². The standard InChI is InChI=1S/C22H28N2O3.CH4O/c1-17-4-7-21(27-2)13-22(17)18-5-6-19(15-25)20(12-18)14-23-8-3-9-24(16-26)11-10-23;1-2/h4-7,12-13,16,25H,3,8-11,14-15H2,1-2H3;2H,1H3. The lowest BCUT2D eigenvalue weighted by molar-refractivity contribution is -0.118. The Morgan fingerprint density at radius 3 is 2.52 bits per heavy atom. The smallest absolute Gasteiger partial charge is 0.209 e. The first kappa shape index (κ1) is 22.9. The summed E-state index contributed by atoms with van der Waals surface area (Å²) >= 11 is 0. The van der Waals surface area contributed by atoms with Crippen molar-refractivity contribution in [2.45, 2.75) is 26.5 Å². The van der Waals surface area contributed by atoms with Crippen LogP contribution in [-0.2, 0) is 17.9 Å². The molecule has 6 nitrogen and oxygen atoms in total. The fraction of sp³-hybridized carbons (Fsp3) is 0.435. The van der Waals surface area contributed by atoms with Crippen LogP contribution in [0, 0.1) is 6.92 Å². The first-order valence-corrected chi connectivity index (χ1v) is 9.88. The highest BCUT2D eigenvalue weighted by Crippen LogP contribution is 2.30. The molecular weight excluding hydrogens is 368 g/mol. The van der Waals surface area contributed by atoms with E-state index in [9.17, 15) is 9.90 Å². The number of carbonyl (C=O) groups excluding carboxylic acids is 1. The van der Waals surface area contributed by atoms with Crippen LogP contribution in [0.3, 0.4) is 0 Å². The molecule has 1 aliphatic heterocycles. The molecule has 2 aromatic carbocycles. The van der Waals surface area contributed by atoms with Gasteiger partial charge in [0, 0.05) is 39.8 Å². The van der Waals surface area contributed by atoms with Gasteiger partial charge in [0.1, 0.15) is 5.75 Å². The molecule has 0 bridgehead atoms. The fourth-order valence-corrected chi connectivity index (χ4v) is 3.63. The molecule has 1 amide bonds. The Balaban J connectivity index is 0.00000145. The molecule has 2 aromatic rings. The van der Waals surface area contributed by atoms with Crippen molar-refractivity contribution in [2.75, 3.05) is 40.4 Å². The molecule has 0 spiro atoms. The van der Waals surface area contributed by atoms with Crippen molar-refractivity contribution in [3.05, 3.63) is 53.1 Å². The lowest BCUT2D eigenvalue weighted by Crippen LogP contribution is -2.30. The molecule has 29 heavy (non-hydrogen) atoms. The minimum Gasteiger partial charge on any atom is -0.497 e. The van der Waals surface area contributed by atoms with Crippen LogP contribution in [0.5, 0.6) is 5.75 Å². The van der Waals surface area contributed by atoms with Gasteiger partial charge in [-0.2, -0.15) is 0 Å². The van der Waals surface area contributed by atoms with Crippen molar-refractivity contribution in [3.63, 3.8) is 0 Å². The molecule has 1 saturated heterocycles. The second-order valence-electron chi connectivity index (χ2n) is 7.09. The van der Waals surface area contributed by atoms with Crippen LogP contribution in [0.4, 0.5) is 0 Å². The number of amides is 1. The summed E-state index contributed by atoms with van der Waals surface area (Å²) in [6.45, 7) is 6.28. The van der Waals surface area contributed by atoms with E-state index < -0.39 is 0 Å². The molecule has 158 valence electrons. The highest BCUT2D eigenvalue weighted by molar-refractivity contribution is 5.70. The van der Waals surface area contributed by atoms with Crippen molar-refractivity contribution in [2.24, 2.45) is 0 Å². The van der Waals surface area contributed by atoms with E-state index >= 15 is 0 Å². The minimum absolute atomic E-state index is 0.0288. The van der Waals surface area contributed by atoms with E-state index in [2.05, 4.69) is 36.1 Å². The quantitative estimate of drug-likeness (QED) is 0.729. The van der Waals surface area contributed by atoms with E-state index in [0.29, 0.717) is 0 Å². The molecule has 0 atom stereocenters. The second kappa shape index (κ2) is 11.6. The van der Waals surface area contributed by atoms with Crippen LogP contribution >= 0.6 is 0 Å². The Morgan fingerprint density at radius 2 is 1.83 bits per heavy atom. The number of aliphatic hydroxyl groups is 2. The first-order valence-electron chi connectivity index (χ1n) is 9.88. The summed E-state index contributed by atoms with van der Waals surface area (Å²) in [6.07, 6.45) is 1.91. The molecule has 3 rings (SSSR count). The lowest BCUT2D eigenvalue weighted by Gasteiger charge is -2.22. The van der Waals surface area contributed by atoms with Crippen molar-refractivity contribution in [1.29, 1.82) is 0 Å². The number of aryl methyl sites for hydroxylation is 1. The van der Waals surface area contributed by atoms with Crippen LogP contribution in [0.25, 0.3) is 11.1 Å². The highest BCUT2D eigenvalue weighted by Gasteiger charge is 2.16. The number of carbonyl (C=O) groups is 1. The van der Waals surface area contributed by atoms with Crippen LogP contribution in [0.2, 0.25) is 0 Å². The first-order chi connectivity index (χ1) is 14.1. The van der Waals surface area contributed by atoms with Gasteiger partial charge in [-0.3, -0.25) is 9.69 Å².